The molecule has 0 saturated carbocycles. The van der Waals surface area contributed by atoms with E-state index in [0.717, 1.165) is 25.9 Å². The molecule has 0 bridgehead atoms. The van der Waals surface area contributed by atoms with Gasteiger partial charge in [-0.15, -0.1) is 0 Å². The van der Waals surface area contributed by atoms with Gasteiger partial charge >= 0.3 is 0 Å². The summed E-state index contributed by atoms with van der Waals surface area (Å²) in [6, 6.07) is 0. The molecule has 0 aromatic rings. The van der Waals surface area contributed by atoms with Crippen LogP contribution in [0.2, 0.25) is 0 Å². The van der Waals surface area contributed by atoms with Crippen LogP contribution in [0.4, 0.5) is 0 Å². The fraction of sp³-hybridized carbons (Fsp3) is 0.952. The van der Waals surface area contributed by atoms with Crippen LogP contribution in [0.3, 0.4) is 0 Å². The number of rotatable bonds is 15. The number of carbonyl (C=O) groups is 1. The first kappa shape index (κ1) is 21.5. The minimum Gasteiger partial charge on any atom is -0.378 e. The smallest absolute Gasteiger partial charge is 0.222 e. The number of carbonyl (C=O) groups excluding carboxylic acids is 1. The van der Waals surface area contributed by atoms with Crippen molar-refractivity contribution in [3.8, 4) is 0 Å². The van der Waals surface area contributed by atoms with Gasteiger partial charge in [0.15, 0.2) is 0 Å². The molecule has 0 unspecified atom stereocenters. The molecule has 0 N–H and O–H groups in total. The molecule has 1 aliphatic rings. The van der Waals surface area contributed by atoms with Crippen molar-refractivity contribution in [2.24, 2.45) is 0 Å². The lowest BCUT2D eigenvalue weighted by Crippen LogP contribution is -2.40. The van der Waals surface area contributed by atoms with Gasteiger partial charge in [-0.2, -0.15) is 0 Å². The van der Waals surface area contributed by atoms with Crippen LogP contribution in [0.15, 0.2) is 0 Å². The molecule has 0 spiro atoms. The third-order valence-corrected chi connectivity index (χ3v) is 5.11. The molecule has 0 aromatic carbocycles. The molecule has 1 amide bonds. The number of morpholine rings is 1. The van der Waals surface area contributed by atoms with Crippen molar-refractivity contribution in [3.05, 3.63) is 0 Å². The summed E-state index contributed by atoms with van der Waals surface area (Å²) in [5.74, 6) is 0.331. The molecule has 1 saturated heterocycles. The van der Waals surface area contributed by atoms with Crippen molar-refractivity contribution in [1.82, 2.24) is 4.90 Å². The van der Waals surface area contributed by atoms with Crippen LogP contribution in [0.5, 0.6) is 0 Å². The van der Waals surface area contributed by atoms with Crippen LogP contribution in [0.1, 0.15) is 103 Å². The summed E-state index contributed by atoms with van der Waals surface area (Å²) in [6.07, 6.45) is 19.8. The lowest BCUT2D eigenvalue weighted by Gasteiger charge is -2.26. The highest BCUT2D eigenvalue weighted by atomic mass is 16.5. The Hall–Kier alpha value is -0.570. The van der Waals surface area contributed by atoms with Crippen LogP contribution in [-0.2, 0) is 9.53 Å². The third kappa shape index (κ3) is 11.9. The topological polar surface area (TPSA) is 29.5 Å². The molecule has 0 radical (unpaired) electrons. The van der Waals surface area contributed by atoms with Crippen molar-refractivity contribution in [3.63, 3.8) is 0 Å². The first-order valence-corrected chi connectivity index (χ1v) is 10.7. The maximum absolute atomic E-state index is 12.0. The van der Waals surface area contributed by atoms with E-state index in [0.29, 0.717) is 19.1 Å². The van der Waals surface area contributed by atoms with Crippen molar-refractivity contribution in [1.29, 1.82) is 0 Å². The monoisotopic (exact) mass is 339 g/mol. The predicted molar refractivity (Wildman–Crippen MR) is 102 cm³/mol. The largest absolute Gasteiger partial charge is 0.378 e. The zero-order valence-electron chi connectivity index (χ0n) is 16.2. The third-order valence-electron chi connectivity index (χ3n) is 5.11. The Morgan fingerprint density at radius 1 is 0.708 bits per heavy atom. The Morgan fingerprint density at radius 3 is 1.58 bits per heavy atom. The first-order valence-electron chi connectivity index (χ1n) is 10.7. The summed E-state index contributed by atoms with van der Waals surface area (Å²) < 4.78 is 5.28. The van der Waals surface area contributed by atoms with E-state index in [-0.39, 0.29) is 0 Å². The Balaban J connectivity index is 1.75. The van der Waals surface area contributed by atoms with E-state index in [1.807, 2.05) is 4.90 Å². The highest BCUT2D eigenvalue weighted by Gasteiger charge is 2.15. The fourth-order valence-corrected chi connectivity index (χ4v) is 3.44. The van der Waals surface area contributed by atoms with E-state index in [9.17, 15) is 4.79 Å². The summed E-state index contributed by atoms with van der Waals surface area (Å²) in [5, 5.41) is 0. The Labute approximate surface area is 150 Å². The zero-order valence-corrected chi connectivity index (χ0v) is 16.2. The molecule has 0 atom stereocenters. The summed E-state index contributed by atoms with van der Waals surface area (Å²) in [5.41, 5.74) is 0. The lowest BCUT2D eigenvalue weighted by molar-refractivity contribution is -0.135. The van der Waals surface area contributed by atoms with E-state index in [2.05, 4.69) is 6.92 Å². The molecular formula is C21H41NO2. The molecule has 1 heterocycles. The zero-order chi connectivity index (χ0) is 17.3. The molecule has 1 rings (SSSR count). The van der Waals surface area contributed by atoms with Gasteiger partial charge in [-0.3, -0.25) is 4.79 Å². The number of hydrogen-bond donors (Lipinski definition) is 0. The normalized spacial score (nSPS) is 15.0. The van der Waals surface area contributed by atoms with E-state index in [4.69, 9.17) is 4.74 Å². The molecule has 3 heteroatoms. The molecular weight excluding hydrogens is 298 g/mol. The number of amides is 1. The van der Waals surface area contributed by atoms with Gasteiger partial charge in [-0.1, -0.05) is 90.4 Å². The SMILES string of the molecule is CCCCCCCCCCCCCCCCC(=O)N1CCOCC1. The number of ether oxygens (including phenoxy) is 1. The summed E-state index contributed by atoms with van der Waals surface area (Å²) >= 11 is 0. The molecule has 1 aliphatic heterocycles. The van der Waals surface area contributed by atoms with Crippen LogP contribution in [-0.4, -0.2) is 37.1 Å². The number of hydrogen-bond acceptors (Lipinski definition) is 2. The van der Waals surface area contributed by atoms with E-state index in [1.54, 1.807) is 0 Å². The van der Waals surface area contributed by atoms with Crippen molar-refractivity contribution in [2.75, 3.05) is 26.3 Å². The van der Waals surface area contributed by atoms with Crippen LogP contribution in [0, 0.1) is 0 Å². The second-order valence-electron chi connectivity index (χ2n) is 7.34. The van der Waals surface area contributed by atoms with Gasteiger partial charge in [0, 0.05) is 19.5 Å². The minimum atomic E-state index is 0.331. The van der Waals surface area contributed by atoms with Crippen molar-refractivity contribution < 1.29 is 9.53 Å². The molecule has 24 heavy (non-hydrogen) atoms. The second kappa shape index (κ2) is 15.9. The van der Waals surface area contributed by atoms with Crippen LogP contribution in [0.25, 0.3) is 0 Å². The maximum atomic E-state index is 12.0. The van der Waals surface area contributed by atoms with Gasteiger partial charge in [0.25, 0.3) is 0 Å². The highest BCUT2D eigenvalue weighted by molar-refractivity contribution is 5.76. The fourth-order valence-electron chi connectivity index (χ4n) is 3.44. The first-order chi connectivity index (χ1) is 11.8. The maximum Gasteiger partial charge on any atom is 0.222 e. The van der Waals surface area contributed by atoms with E-state index >= 15 is 0 Å². The van der Waals surface area contributed by atoms with Gasteiger partial charge in [0.1, 0.15) is 0 Å². The second-order valence-corrected chi connectivity index (χ2v) is 7.34. The van der Waals surface area contributed by atoms with Gasteiger partial charge in [-0.25, -0.2) is 0 Å². The van der Waals surface area contributed by atoms with Gasteiger partial charge in [0.2, 0.25) is 5.91 Å². The lowest BCUT2D eigenvalue weighted by atomic mass is 10.0. The Bertz CT molecular complexity index is 288. The average Bonchev–Trinajstić information content (AvgIpc) is 2.62. The molecule has 0 aliphatic carbocycles. The van der Waals surface area contributed by atoms with Crippen molar-refractivity contribution in [2.45, 2.75) is 103 Å². The molecule has 3 nitrogen and oxygen atoms in total. The summed E-state index contributed by atoms with van der Waals surface area (Å²) in [7, 11) is 0. The standard InChI is InChI=1S/C21H41NO2/c1-2-3-4-5-6-7-8-9-10-11-12-13-14-15-16-21(23)22-17-19-24-20-18-22/h2-20H2,1H3. The molecule has 0 aromatic heterocycles. The Kier molecular flexibility index (Phi) is 14.3. The van der Waals surface area contributed by atoms with Crippen LogP contribution >= 0.6 is 0 Å². The highest BCUT2D eigenvalue weighted by Crippen LogP contribution is 2.13. The number of unbranched alkanes of at least 4 members (excludes halogenated alkanes) is 13. The molecule has 142 valence electrons. The average molecular weight is 340 g/mol. The van der Waals surface area contributed by atoms with Gasteiger partial charge in [0.05, 0.1) is 13.2 Å². The number of nitrogens with zero attached hydrogens (tertiary/aromatic N) is 1. The van der Waals surface area contributed by atoms with Gasteiger partial charge < -0.3 is 9.64 Å². The van der Waals surface area contributed by atoms with Crippen LogP contribution < -0.4 is 0 Å². The summed E-state index contributed by atoms with van der Waals surface area (Å²) in [4.78, 5) is 14.0. The van der Waals surface area contributed by atoms with E-state index < -0.39 is 0 Å². The quantitative estimate of drug-likeness (QED) is 0.357. The molecule has 1 fully saturated rings. The predicted octanol–water partition coefficient (Wildman–Crippen LogP) is 5.72. The van der Waals surface area contributed by atoms with Crippen molar-refractivity contribution >= 4 is 5.91 Å². The Morgan fingerprint density at radius 2 is 1.12 bits per heavy atom. The van der Waals surface area contributed by atoms with E-state index in [1.165, 1.54) is 83.5 Å². The van der Waals surface area contributed by atoms with Gasteiger partial charge in [-0.05, 0) is 6.42 Å². The summed E-state index contributed by atoms with van der Waals surface area (Å²) in [6.45, 7) is 5.28. The minimum absolute atomic E-state index is 0.331.